The first kappa shape index (κ1) is 17.6. The fraction of sp³-hybridized carbons (Fsp3) is 0.250. The molecule has 2 rings (SSSR count). The highest BCUT2D eigenvalue weighted by Gasteiger charge is 2.25. The summed E-state index contributed by atoms with van der Waals surface area (Å²) in [6, 6.07) is 17.2. The molecule has 0 N–H and O–H groups in total. The van der Waals surface area contributed by atoms with Crippen molar-refractivity contribution in [1.29, 1.82) is 0 Å². The van der Waals surface area contributed by atoms with Crippen LogP contribution in [0.3, 0.4) is 0 Å². The number of hydrogen-bond donors (Lipinski definition) is 0. The Morgan fingerprint density at radius 2 is 1.58 bits per heavy atom. The normalized spacial score (nSPS) is 11.8. The number of rotatable bonds is 6. The molecule has 0 amide bonds. The summed E-state index contributed by atoms with van der Waals surface area (Å²) in [5.74, 6) is 0.102. The van der Waals surface area contributed by atoms with Gasteiger partial charge in [-0.1, -0.05) is 48.5 Å². The van der Waals surface area contributed by atoms with E-state index in [-0.39, 0.29) is 0 Å². The summed E-state index contributed by atoms with van der Waals surface area (Å²) in [7, 11) is 2.82. The molecule has 0 atom stereocenters. The molecular formula is C20H22O4. The standard InChI is InChI=1S/C20H22O4/c1-20(2,15-10-6-5-7-11-15)24-18-13-9-8-12-16(18)17(14-22-3)19(21)23-4/h5-14H,1-4H3. The van der Waals surface area contributed by atoms with E-state index in [9.17, 15) is 4.79 Å². The van der Waals surface area contributed by atoms with Gasteiger partial charge in [0.1, 0.15) is 16.9 Å². The molecule has 0 radical (unpaired) electrons. The van der Waals surface area contributed by atoms with Crippen molar-refractivity contribution in [2.75, 3.05) is 14.2 Å². The fourth-order valence-electron chi connectivity index (χ4n) is 2.40. The topological polar surface area (TPSA) is 44.8 Å². The molecule has 0 spiro atoms. The molecule has 0 saturated carbocycles. The summed E-state index contributed by atoms with van der Waals surface area (Å²) < 4.78 is 16.1. The molecule has 126 valence electrons. The van der Waals surface area contributed by atoms with Gasteiger partial charge in [0, 0.05) is 5.56 Å². The van der Waals surface area contributed by atoms with E-state index >= 15 is 0 Å². The van der Waals surface area contributed by atoms with E-state index in [4.69, 9.17) is 14.2 Å². The summed E-state index contributed by atoms with van der Waals surface area (Å²) in [5, 5.41) is 0. The maximum absolute atomic E-state index is 12.1. The molecule has 0 bridgehead atoms. The second-order valence-electron chi connectivity index (χ2n) is 5.73. The number of carbonyl (C=O) groups is 1. The summed E-state index contributed by atoms with van der Waals surface area (Å²) in [4.78, 5) is 12.1. The first-order chi connectivity index (χ1) is 11.5. The maximum atomic E-state index is 12.1. The molecule has 0 saturated heterocycles. The van der Waals surface area contributed by atoms with Crippen LogP contribution in [0.5, 0.6) is 5.75 Å². The van der Waals surface area contributed by atoms with Gasteiger partial charge < -0.3 is 14.2 Å². The van der Waals surface area contributed by atoms with Crippen LogP contribution in [0.15, 0.2) is 60.9 Å². The highest BCUT2D eigenvalue weighted by atomic mass is 16.5. The first-order valence-corrected chi connectivity index (χ1v) is 7.65. The number of benzene rings is 2. The minimum absolute atomic E-state index is 0.305. The summed E-state index contributed by atoms with van der Waals surface area (Å²) in [5.41, 5.74) is 1.40. The zero-order valence-electron chi connectivity index (χ0n) is 14.4. The molecular weight excluding hydrogens is 304 g/mol. The van der Waals surface area contributed by atoms with Crippen LogP contribution in [0.2, 0.25) is 0 Å². The van der Waals surface area contributed by atoms with Crippen molar-refractivity contribution in [2.45, 2.75) is 19.4 Å². The SMILES string of the molecule is COC=C(C(=O)OC)c1ccccc1OC(C)(C)c1ccccc1. The van der Waals surface area contributed by atoms with Crippen LogP contribution in [-0.4, -0.2) is 20.2 Å². The minimum atomic E-state index is -0.564. The van der Waals surface area contributed by atoms with Gasteiger partial charge in [-0.05, 0) is 25.5 Å². The summed E-state index contributed by atoms with van der Waals surface area (Å²) in [6.07, 6.45) is 1.36. The van der Waals surface area contributed by atoms with E-state index in [0.717, 1.165) is 5.56 Å². The van der Waals surface area contributed by atoms with Gasteiger partial charge >= 0.3 is 5.97 Å². The summed E-state index contributed by atoms with van der Waals surface area (Å²) >= 11 is 0. The van der Waals surface area contributed by atoms with Crippen molar-refractivity contribution in [3.63, 3.8) is 0 Å². The first-order valence-electron chi connectivity index (χ1n) is 7.65. The van der Waals surface area contributed by atoms with Gasteiger partial charge in [0.05, 0.1) is 20.5 Å². The Bertz CT molecular complexity index is 717. The predicted molar refractivity (Wildman–Crippen MR) is 93.5 cm³/mol. The molecule has 0 aliphatic heterocycles. The molecule has 0 unspecified atom stereocenters. The number of esters is 1. The smallest absolute Gasteiger partial charge is 0.341 e. The van der Waals surface area contributed by atoms with Crippen molar-refractivity contribution in [3.8, 4) is 5.75 Å². The number of para-hydroxylation sites is 1. The number of carbonyl (C=O) groups excluding carboxylic acids is 1. The van der Waals surface area contributed by atoms with E-state index in [2.05, 4.69) is 0 Å². The van der Waals surface area contributed by atoms with Crippen molar-refractivity contribution in [3.05, 3.63) is 72.0 Å². The van der Waals surface area contributed by atoms with Crippen LogP contribution in [0.1, 0.15) is 25.0 Å². The second-order valence-corrected chi connectivity index (χ2v) is 5.73. The van der Waals surface area contributed by atoms with E-state index in [0.29, 0.717) is 16.9 Å². The molecule has 2 aromatic rings. The lowest BCUT2D eigenvalue weighted by atomic mass is 9.97. The molecule has 0 fully saturated rings. The maximum Gasteiger partial charge on any atom is 0.341 e. The minimum Gasteiger partial charge on any atom is -0.503 e. The lowest BCUT2D eigenvalue weighted by Crippen LogP contribution is -2.25. The number of hydrogen-bond acceptors (Lipinski definition) is 4. The predicted octanol–water partition coefficient (Wildman–Crippen LogP) is 4.16. The Morgan fingerprint density at radius 1 is 0.958 bits per heavy atom. The van der Waals surface area contributed by atoms with Crippen LogP contribution < -0.4 is 4.74 Å². The monoisotopic (exact) mass is 326 g/mol. The van der Waals surface area contributed by atoms with Crippen molar-refractivity contribution >= 4 is 11.5 Å². The Labute approximate surface area is 142 Å². The highest BCUT2D eigenvalue weighted by Crippen LogP contribution is 2.33. The lowest BCUT2D eigenvalue weighted by Gasteiger charge is -2.28. The van der Waals surface area contributed by atoms with Gasteiger partial charge in [-0.3, -0.25) is 0 Å². The van der Waals surface area contributed by atoms with Crippen LogP contribution in [0.4, 0.5) is 0 Å². The molecule has 0 aliphatic rings. The lowest BCUT2D eigenvalue weighted by molar-refractivity contribution is -0.133. The van der Waals surface area contributed by atoms with Gasteiger partial charge in [-0.25, -0.2) is 4.79 Å². The zero-order chi connectivity index (χ0) is 17.6. The van der Waals surface area contributed by atoms with Gasteiger partial charge in [0.25, 0.3) is 0 Å². The Kier molecular flexibility index (Phi) is 5.64. The van der Waals surface area contributed by atoms with E-state index in [1.54, 1.807) is 6.07 Å². The van der Waals surface area contributed by atoms with Gasteiger partial charge in [0.15, 0.2) is 0 Å². The van der Waals surface area contributed by atoms with Crippen LogP contribution >= 0.6 is 0 Å². The van der Waals surface area contributed by atoms with Gasteiger partial charge in [0.2, 0.25) is 0 Å². The van der Waals surface area contributed by atoms with Crippen molar-refractivity contribution in [1.82, 2.24) is 0 Å². The second kappa shape index (κ2) is 7.68. The Morgan fingerprint density at radius 3 is 2.21 bits per heavy atom. The van der Waals surface area contributed by atoms with Crippen LogP contribution in [0.25, 0.3) is 5.57 Å². The highest BCUT2D eigenvalue weighted by molar-refractivity contribution is 6.16. The van der Waals surface area contributed by atoms with Gasteiger partial charge in [-0.15, -0.1) is 0 Å². The van der Waals surface area contributed by atoms with Crippen LogP contribution in [-0.2, 0) is 19.9 Å². The molecule has 4 nitrogen and oxygen atoms in total. The largest absolute Gasteiger partial charge is 0.503 e. The summed E-state index contributed by atoms with van der Waals surface area (Å²) in [6.45, 7) is 3.97. The molecule has 0 aliphatic carbocycles. The average Bonchev–Trinajstić information content (AvgIpc) is 2.60. The molecule has 2 aromatic carbocycles. The Hall–Kier alpha value is -2.75. The van der Waals surface area contributed by atoms with E-state index in [1.807, 2.05) is 62.4 Å². The molecule has 0 heterocycles. The number of ether oxygens (including phenoxy) is 3. The quantitative estimate of drug-likeness (QED) is 0.454. The molecule has 24 heavy (non-hydrogen) atoms. The van der Waals surface area contributed by atoms with Crippen molar-refractivity contribution in [2.24, 2.45) is 0 Å². The molecule has 4 heteroatoms. The van der Waals surface area contributed by atoms with Gasteiger partial charge in [-0.2, -0.15) is 0 Å². The Balaban J connectivity index is 2.42. The van der Waals surface area contributed by atoms with Crippen molar-refractivity contribution < 1.29 is 19.0 Å². The third kappa shape index (κ3) is 3.96. The fourth-order valence-corrected chi connectivity index (χ4v) is 2.40. The van der Waals surface area contributed by atoms with E-state index in [1.165, 1.54) is 20.5 Å². The third-order valence-corrected chi connectivity index (χ3v) is 3.65. The molecule has 0 aromatic heterocycles. The third-order valence-electron chi connectivity index (χ3n) is 3.65. The number of methoxy groups -OCH3 is 2. The van der Waals surface area contributed by atoms with Crippen LogP contribution in [0, 0.1) is 0 Å². The van der Waals surface area contributed by atoms with E-state index < -0.39 is 11.6 Å². The zero-order valence-corrected chi connectivity index (χ0v) is 14.4. The average molecular weight is 326 g/mol.